The van der Waals surface area contributed by atoms with Gasteiger partial charge in [0.25, 0.3) is 0 Å². The van der Waals surface area contributed by atoms with Crippen molar-refractivity contribution in [3.8, 4) is 0 Å². The summed E-state index contributed by atoms with van der Waals surface area (Å²) in [5.74, 6) is -0.525. The SMILES string of the molecule is CCCOC(=O)C(C)C[NH]. The first-order valence-electron chi connectivity index (χ1n) is 3.53. The Morgan fingerprint density at radius 2 is 2.30 bits per heavy atom. The van der Waals surface area contributed by atoms with Crippen molar-refractivity contribution in [1.82, 2.24) is 5.73 Å². The number of rotatable bonds is 4. The molecule has 10 heavy (non-hydrogen) atoms. The van der Waals surface area contributed by atoms with Crippen LogP contribution in [0, 0.1) is 5.92 Å². The molecule has 1 atom stereocenters. The molecule has 0 rings (SSSR count). The maximum atomic E-state index is 10.8. The van der Waals surface area contributed by atoms with E-state index in [9.17, 15) is 4.79 Å². The van der Waals surface area contributed by atoms with Crippen molar-refractivity contribution in [2.45, 2.75) is 20.3 Å². The fourth-order valence-corrected chi connectivity index (χ4v) is 0.428. The highest BCUT2D eigenvalue weighted by molar-refractivity contribution is 5.72. The quantitative estimate of drug-likeness (QED) is 0.549. The van der Waals surface area contributed by atoms with Crippen LogP contribution in [0.2, 0.25) is 0 Å². The number of carbonyl (C=O) groups excluding carboxylic acids is 1. The molecule has 1 radical (unpaired) electrons. The summed E-state index contributed by atoms with van der Waals surface area (Å²) in [6.07, 6.45) is 0.844. The second kappa shape index (κ2) is 5.23. The number of ether oxygens (including phenoxy) is 1. The highest BCUT2D eigenvalue weighted by Gasteiger charge is 2.10. The molecule has 0 aliphatic carbocycles. The van der Waals surface area contributed by atoms with Gasteiger partial charge in [0, 0.05) is 6.54 Å². The average Bonchev–Trinajstić information content (AvgIpc) is 1.98. The van der Waals surface area contributed by atoms with Gasteiger partial charge in [-0.2, -0.15) is 0 Å². The lowest BCUT2D eigenvalue weighted by molar-refractivity contribution is -0.147. The van der Waals surface area contributed by atoms with Gasteiger partial charge in [-0.1, -0.05) is 13.8 Å². The van der Waals surface area contributed by atoms with Crippen LogP contribution in [0.25, 0.3) is 0 Å². The predicted octanol–water partition coefficient (Wildman–Crippen LogP) is 0.859. The minimum absolute atomic E-state index is 0.114. The molecule has 0 aliphatic rings. The molecule has 0 saturated carbocycles. The largest absolute Gasteiger partial charge is 0.465 e. The molecule has 1 unspecified atom stereocenters. The zero-order chi connectivity index (χ0) is 7.98. The first-order chi connectivity index (χ1) is 4.72. The lowest BCUT2D eigenvalue weighted by atomic mass is 10.2. The summed E-state index contributed by atoms with van der Waals surface area (Å²) in [6.45, 7) is 4.23. The molecule has 0 aromatic rings. The molecule has 0 heterocycles. The van der Waals surface area contributed by atoms with E-state index < -0.39 is 0 Å². The van der Waals surface area contributed by atoms with Crippen molar-refractivity contribution < 1.29 is 9.53 Å². The van der Waals surface area contributed by atoms with Crippen molar-refractivity contribution in [2.24, 2.45) is 5.92 Å². The van der Waals surface area contributed by atoms with E-state index in [1.54, 1.807) is 6.92 Å². The zero-order valence-electron chi connectivity index (χ0n) is 6.52. The molecule has 59 valence electrons. The minimum atomic E-state index is -0.272. The van der Waals surface area contributed by atoms with Crippen LogP contribution < -0.4 is 5.73 Å². The third-order valence-electron chi connectivity index (χ3n) is 1.16. The zero-order valence-corrected chi connectivity index (χ0v) is 6.52. The lowest BCUT2D eigenvalue weighted by Gasteiger charge is -2.06. The van der Waals surface area contributed by atoms with Gasteiger partial charge in [-0.3, -0.25) is 10.5 Å². The summed E-state index contributed by atoms with van der Waals surface area (Å²) < 4.78 is 4.78. The van der Waals surface area contributed by atoms with Gasteiger partial charge in [0.2, 0.25) is 0 Å². The Morgan fingerprint density at radius 1 is 1.70 bits per heavy atom. The molecule has 0 amide bonds. The van der Waals surface area contributed by atoms with Crippen LogP contribution in [0.15, 0.2) is 0 Å². The Morgan fingerprint density at radius 3 is 2.70 bits per heavy atom. The lowest BCUT2D eigenvalue weighted by Crippen LogP contribution is -2.18. The molecule has 0 aromatic heterocycles. The molecule has 3 nitrogen and oxygen atoms in total. The number of hydrogen-bond acceptors (Lipinski definition) is 2. The van der Waals surface area contributed by atoms with E-state index in [0.29, 0.717) is 6.61 Å². The topological polar surface area (TPSA) is 50.1 Å². The predicted molar refractivity (Wildman–Crippen MR) is 38.4 cm³/mol. The van der Waals surface area contributed by atoms with Crippen LogP contribution in [0.4, 0.5) is 0 Å². The molecule has 0 spiro atoms. The summed E-state index contributed by atoms with van der Waals surface area (Å²) in [6, 6.07) is 0. The minimum Gasteiger partial charge on any atom is -0.465 e. The second-order valence-electron chi connectivity index (χ2n) is 2.27. The fourth-order valence-electron chi connectivity index (χ4n) is 0.428. The Labute approximate surface area is 61.5 Å². The summed E-state index contributed by atoms with van der Waals surface area (Å²) >= 11 is 0. The first-order valence-corrected chi connectivity index (χ1v) is 3.53. The Balaban J connectivity index is 3.42. The fraction of sp³-hybridized carbons (Fsp3) is 0.857. The second-order valence-corrected chi connectivity index (χ2v) is 2.27. The number of carbonyl (C=O) groups is 1. The van der Waals surface area contributed by atoms with Crippen LogP contribution in [-0.4, -0.2) is 19.1 Å². The van der Waals surface area contributed by atoms with Crippen molar-refractivity contribution >= 4 is 5.97 Å². The van der Waals surface area contributed by atoms with Gasteiger partial charge in [-0.05, 0) is 6.42 Å². The first kappa shape index (κ1) is 9.43. The van der Waals surface area contributed by atoms with Gasteiger partial charge in [0.1, 0.15) is 0 Å². The molecule has 0 bridgehead atoms. The van der Waals surface area contributed by atoms with Crippen molar-refractivity contribution in [2.75, 3.05) is 13.2 Å². The van der Waals surface area contributed by atoms with Gasteiger partial charge in [0.15, 0.2) is 0 Å². The molecular weight excluding hydrogens is 130 g/mol. The van der Waals surface area contributed by atoms with E-state index in [2.05, 4.69) is 0 Å². The maximum absolute atomic E-state index is 10.8. The van der Waals surface area contributed by atoms with E-state index in [0.717, 1.165) is 6.42 Å². The Kier molecular flexibility index (Phi) is 4.94. The maximum Gasteiger partial charge on any atom is 0.309 e. The van der Waals surface area contributed by atoms with Crippen LogP contribution in [-0.2, 0) is 9.53 Å². The number of nitrogens with one attached hydrogen (secondary N) is 1. The van der Waals surface area contributed by atoms with Crippen molar-refractivity contribution in [3.05, 3.63) is 0 Å². The number of hydrogen-bond donors (Lipinski definition) is 0. The van der Waals surface area contributed by atoms with Gasteiger partial charge in [-0.15, -0.1) is 0 Å². The van der Waals surface area contributed by atoms with Crippen LogP contribution in [0.5, 0.6) is 0 Å². The Hall–Kier alpha value is -0.570. The molecule has 0 aliphatic heterocycles. The van der Waals surface area contributed by atoms with Crippen molar-refractivity contribution in [3.63, 3.8) is 0 Å². The Bertz CT molecular complexity index is 104. The highest BCUT2D eigenvalue weighted by atomic mass is 16.5. The van der Waals surface area contributed by atoms with E-state index in [1.165, 1.54) is 0 Å². The molecule has 0 fully saturated rings. The van der Waals surface area contributed by atoms with Crippen LogP contribution in [0.3, 0.4) is 0 Å². The normalized spacial score (nSPS) is 12.7. The molecule has 0 aromatic carbocycles. The van der Waals surface area contributed by atoms with Gasteiger partial charge in [-0.25, -0.2) is 0 Å². The van der Waals surface area contributed by atoms with Gasteiger partial charge in [0.05, 0.1) is 12.5 Å². The summed E-state index contributed by atoms with van der Waals surface area (Å²) in [7, 11) is 0. The molecular formula is C7H14NO2. The molecule has 0 saturated heterocycles. The van der Waals surface area contributed by atoms with E-state index in [4.69, 9.17) is 10.5 Å². The third kappa shape index (κ3) is 3.45. The van der Waals surface area contributed by atoms with Crippen molar-refractivity contribution in [1.29, 1.82) is 0 Å². The van der Waals surface area contributed by atoms with Crippen LogP contribution in [0.1, 0.15) is 20.3 Å². The third-order valence-corrected chi connectivity index (χ3v) is 1.16. The highest BCUT2D eigenvalue weighted by Crippen LogP contribution is 1.96. The average molecular weight is 144 g/mol. The van der Waals surface area contributed by atoms with E-state index >= 15 is 0 Å². The molecule has 3 heteroatoms. The van der Waals surface area contributed by atoms with E-state index in [-0.39, 0.29) is 18.4 Å². The van der Waals surface area contributed by atoms with E-state index in [1.807, 2.05) is 6.92 Å². The molecule has 1 N–H and O–H groups in total. The monoisotopic (exact) mass is 144 g/mol. The summed E-state index contributed by atoms with van der Waals surface area (Å²) in [5, 5.41) is 0. The van der Waals surface area contributed by atoms with Gasteiger partial charge < -0.3 is 4.74 Å². The standard InChI is InChI=1S/C7H14NO2/c1-3-4-10-7(9)6(2)5-8/h6,8H,3-5H2,1-2H3. The smallest absolute Gasteiger partial charge is 0.309 e. The number of esters is 1. The van der Waals surface area contributed by atoms with Crippen LogP contribution >= 0.6 is 0 Å². The van der Waals surface area contributed by atoms with Gasteiger partial charge >= 0.3 is 5.97 Å². The summed E-state index contributed by atoms with van der Waals surface area (Å²) in [4.78, 5) is 10.8. The summed E-state index contributed by atoms with van der Waals surface area (Å²) in [5.41, 5.74) is 6.87.